The minimum Gasteiger partial charge on any atom is -0.480 e. The Balaban J connectivity index is 3.23. The van der Waals surface area contributed by atoms with Gasteiger partial charge in [0.25, 0.3) is 0 Å². The highest BCUT2D eigenvalue weighted by Gasteiger charge is 2.04. The predicted octanol–water partition coefficient (Wildman–Crippen LogP) is 1.72. The molecule has 0 atom stereocenters. The van der Waals surface area contributed by atoms with Crippen LogP contribution in [-0.4, -0.2) is 12.1 Å². The van der Waals surface area contributed by atoms with Crippen molar-refractivity contribution in [3.63, 3.8) is 0 Å². The molecule has 1 heterocycles. The minimum atomic E-state index is 0.434. The molecule has 1 aromatic heterocycles. The number of hydrogen-bond donors (Lipinski definition) is 0. The van der Waals surface area contributed by atoms with Crippen LogP contribution >= 0.6 is 15.9 Å². The van der Waals surface area contributed by atoms with Crippen LogP contribution in [0.25, 0.3) is 0 Å². The monoisotopic (exact) mass is 212 g/mol. The van der Waals surface area contributed by atoms with Gasteiger partial charge in [-0.15, -0.1) is 0 Å². The van der Waals surface area contributed by atoms with Crippen molar-refractivity contribution in [3.05, 3.63) is 22.3 Å². The highest BCUT2D eigenvalue weighted by molar-refractivity contribution is 9.10. The van der Waals surface area contributed by atoms with E-state index in [1.54, 1.807) is 6.07 Å². The molecule has 0 spiro atoms. The summed E-state index contributed by atoms with van der Waals surface area (Å²) in [5, 5.41) is 8.58. The molecule has 0 aromatic carbocycles. The van der Waals surface area contributed by atoms with Gasteiger partial charge in [0, 0.05) is 6.20 Å². The summed E-state index contributed by atoms with van der Waals surface area (Å²) in [6, 6.07) is 3.62. The van der Waals surface area contributed by atoms with Gasteiger partial charge in [0.15, 0.2) is 0 Å². The van der Waals surface area contributed by atoms with Crippen molar-refractivity contribution in [2.45, 2.75) is 0 Å². The van der Waals surface area contributed by atoms with Gasteiger partial charge >= 0.3 is 0 Å². The molecular weight excluding hydrogens is 208 g/mol. The van der Waals surface area contributed by atoms with Gasteiger partial charge in [0.2, 0.25) is 5.88 Å². The van der Waals surface area contributed by atoms with Crippen LogP contribution in [-0.2, 0) is 0 Å². The summed E-state index contributed by atoms with van der Waals surface area (Å²) in [5.74, 6) is 0.434. The van der Waals surface area contributed by atoms with Gasteiger partial charge < -0.3 is 4.74 Å². The Morgan fingerprint density at radius 1 is 1.73 bits per heavy atom. The first-order chi connectivity index (χ1) is 5.29. The molecular formula is C7H5BrN2O. The number of pyridine rings is 1. The van der Waals surface area contributed by atoms with Crippen LogP contribution in [0.1, 0.15) is 5.56 Å². The number of rotatable bonds is 1. The highest BCUT2D eigenvalue weighted by atomic mass is 79.9. The van der Waals surface area contributed by atoms with Gasteiger partial charge in [-0.3, -0.25) is 0 Å². The Morgan fingerprint density at radius 2 is 2.45 bits per heavy atom. The zero-order chi connectivity index (χ0) is 8.27. The molecule has 0 N–H and O–H groups in total. The molecule has 3 nitrogen and oxygen atoms in total. The molecule has 11 heavy (non-hydrogen) atoms. The maximum atomic E-state index is 8.58. The van der Waals surface area contributed by atoms with Crippen molar-refractivity contribution in [2.75, 3.05) is 7.11 Å². The van der Waals surface area contributed by atoms with E-state index in [2.05, 4.69) is 20.9 Å². The van der Waals surface area contributed by atoms with E-state index in [-0.39, 0.29) is 0 Å². The van der Waals surface area contributed by atoms with Crippen LogP contribution in [0.4, 0.5) is 0 Å². The van der Waals surface area contributed by atoms with Gasteiger partial charge in [0.1, 0.15) is 6.07 Å². The molecule has 0 aliphatic carbocycles. The van der Waals surface area contributed by atoms with E-state index in [1.165, 1.54) is 13.3 Å². The maximum absolute atomic E-state index is 8.58. The zero-order valence-corrected chi connectivity index (χ0v) is 7.42. The van der Waals surface area contributed by atoms with E-state index in [0.717, 1.165) is 0 Å². The molecule has 4 heteroatoms. The molecule has 0 radical (unpaired) electrons. The number of ether oxygens (including phenoxy) is 1. The SMILES string of the molecule is COc1nccc(C#N)c1Br. The number of nitrogens with zero attached hydrogens (tertiary/aromatic N) is 2. The van der Waals surface area contributed by atoms with Crippen LogP contribution in [0.5, 0.6) is 5.88 Å². The highest BCUT2D eigenvalue weighted by Crippen LogP contribution is 2.24. The Bertz CT molecular complexity index is 306. The summed E-state index contributed by atoms with van der Waals surface area (Å²) in [7, 11) is 1.51. The normalized spacial score (nSPS) is 8.82. The molecule has 0 unspecified atom stereocenters. The van der Waals surface area contributed by atoms with E-state index in [1.807, 2.05) is 6.07 Å². The van der Waals surface area contributed by atoms with E-state index in [0.29, 0.717) is 15.9 Å². The van der Waals surface area contributed by atoms with Gasteiger partial charge in [-0.1, -0.05) is 0 Å². The first kappa shape index (κ1) is 8.02. The molecule has 0 saturated carbocycles. The number of nitriles is 1. The van der Waals surface area contributed by atoms with Crippen molar-refractivity contribution >= 4 is 15.9 Å². The summed E-state index contributed by atoms with van der Waals surface area (Å²) in [5.41, 5.74) is 0.525. The number of hydrogen-bond acceptors (Lipinski definition) is 3. The van der Waals surface area contributed by atoms with Crippen molar-refractivity contribution in [1.82, 2.24) is 4.98 Å². The van der Waals surface area contributed by atoms with Gasteiger partial charge in [-0.25, -0.2) is 4.98 Å². The quantitative estimate of drug-likeness (QED) is 0.713. The fourth-order valence-corrected chi connectivity index (χ4v) is 1.14. The third-order valence-electron chi connectivity index (χ3n) is 1.17. The molecule has 0 aliphatic rings. The summed E-state index contributed by atoms with van der Waals surface area (Å²) < 4.78 is 5.48. The summed E-state index contributed by atoms with van der Waals surface area (Å²) in [4.78, 5) is 3.89. The summed E-state index contributed by atoms with van der Waals surface area (Å²) in [6.07, 6.45) is 1.53. The summed E-state index contributed by atoms with van der Waals surface area (Å²) >= 11 is 3.19. The molecule has 0 bridgehead atoms. The lowest BCUT2D eigenvalue weighted by molar-refractivity contribution is 0.395. The lowest BCUT2D eigenvalue weighted by Gasteiger charge is -2.00. The van der Waals surface area contributed by atoms with E-state index >= 15 is 0 Å². The van der Waals surface area contributed by atoms with Crippen molar-refractivity contribution in [1.29, 1.82) is 5.26 Å². The van der Waals surface area contributed by atoms with E-state index in [4.69, 9.17) is 10.00 Å². The Kier molecular flexibility index (Phi) is 2.44. The van der Waals surface area contributed by atoms with Crippen molar-refractivity contribution in [2.24, 2.45) is 0 Å². The smallest absolute Gasteiger partial charge is 0.229 e. The fourth-order valence-electron chi connectivity index (χ4n) is 0.653. The van der Waals surface area contributed by atoms with Crippen LogP contribution in [0.3, 0.4) is 0 Å². The van der Waals surface area contributed by atoms with Crippen LogP contribution in [0, 0.1) is 11.3 Å². The number of methoxy groups -OCH3 is 1. The van der Waals surface area contributed by atoms with E-state index in [9.17, 15) is 0 Å². The third kappa shape index (κ3) is 1.49. The Hall–Kier alpha value is -1.08. The topological polar surface area (TPSA) is 45.9 Å². The van der Waals surface area contributed by atoms with Gasteiger partial charge in [-0.05, 0) is 22.0 Å². The molecule has 1 rings (SSSR count). The maximum Gasteiger partial charge on any atom is 0.229 e. The largest absolute Gasteiger partial charge is 0.480 e. The predicted molar refractivity (Wildman–Crippen MR) is 43.2 cm³/mol. The molecule has 0 saturated heterocycles. The molecule has 0 aliphatic heterocycles. The molecule has 56 valence electrons. The fraction of sp³-hybridized carbons (Fsp3) is 0.143. The Labute approximate surface area is 72.8 Å². The average molecular weight is 213 g/mol. The standard InChI is InChI=1S/C7H5BrN2O/c1-11-7-6(8)5(4-9)2-3-10-7/h2-3H,1H3. The van der Waals surface area contributed by atoms with Crippen LogP contribution in [0.15, 0.2) is 16.7 Å². The van der Waals surface area contributed by atoms with Crippen LogP contribution < -0.4 is 4.74 Å². The second kappa shape index (κ2) is 3.35. The van der Waals surface area contributed by atoms with Gasteiger partial charge in [-0.2, -0.15) is 5.26 Å². The van der Waals surface area contributed by atoms with Crippen molar-refractivity contribution in [3.8, 4) is 11.9 Å². The minimum absolute atomic E-state index is 0.434. The van der Waals surface area contributed by atoms with Crippen molar-refractivity contribution < 1.29 is 4.74 Å². The average Bonchev–Trinajstić information content (AvgIpc) is 2.05. The zero-order valence-electron chi connectivity index (χ0n) is 5.84. The van der Waals surface area contributed by atoms with Gasteiger partial charge in [0.05, 0.1) is 17.1 Å². The second-order valence-corrected chi connectivity index (χ2v) is 2.59. The first-order valence-corrected chi connectivity index (χ1v) is 3.67. The molecule has 1 aromatic rings. The Morgan fingerprint density at radius 3 is 3.00 bits per heavy atom. The summed E-state index contributed by atoms with van der Waals surface area (Å²) in [6.45, 7) is 0. The lowest BCUT2D eigenvalue weighted by Crippen LogP contribution is -1.90. The van der Waals surface area contributed by atoms with E-state index < -0.39 is 0 Å². The number of aromatic nitrogens is 1. The lowest BCUT2D eigenvalue weighted by atomic mass is 10.3. The second-order valence-electron chi connectivity index (χ2n) is 1.79. The first-order valence-electron chi connectivity index (χ1n) is 2.88. The molecule has 0 fully saturated rings. The molecule has 0 amide bonds. The van der Waals surface area contributed by atoms with Crippen LogP contribution in [0.2, 0.25) is 0 Å². The third-order valence-corrected chi connectivity index (χ3v) is 1.94. The number of halogens is 1.